The first-order chi connectivity index (χ1) is 12.0. The van der Waals surface area contributed by atoms with E-state index in [0.717, 1.165) is 6.42 Å². The first-order valence-corrected chi connectivity index (χ1v) is 9.68. The molecule has 2 saturated heterocycles. The number of piperazine rings is 1. The number of nitrogens with zero attached hydrogens (tertiary/aromatic N) is 3. The third-order valence-electron chi connectivity index (χ3n) is 4.77. The molecule has 4 rings (SSSR count). The van der Waals surface area contributed by atoms with E-state index >= 15 is 0 Å². The van der Waals surface area contributed by atoms with Crippen LogP contribution in [0.25, 0.3) is 0 Å². The number of nitrogens with one attached hydrogen (secondary N) is 1. The van der Waals surface area contributed by atoms with E-state index in [1.165, 1.54) is 11.0 Å². The lowest BCUT2D eigenvalue weighted by Crippen LogP contribution is -2.55. The molecule has 9 heteroatoms. The van der Waals surface area contributed by atoms with Gasteiger partial charge in [-0.3, -0.25) is 9.59 Å². The number of hydrogen-bond acceptors (Lipinski definition) is 5. The Kier molecular flexibility index (Phi) is 3.75. The fraction of sp³-hybridized carbons (Fsp3) is 0.438. The third-order valence-corrected chi connectivity index (χ3v) is 6.10. The van der Waals surface area contributed by atoms with Crippen LogP contribution in [0, 0.1) is 0 Å². The molecule has 1 N–H and O–H groups in total. The number of amides is 2. The topological polar surface area (TPSA) is 99.2 Å². The zero-order valence-corrected chi connectivity index (χ0v) is 14.3. The maximum absolute atomic E-state index is 12.9. The molecule has 3 aliphatic heterocycles. The standard InChI is InChI=1S/C16H18N4O4S/c21-14-10-19(9-7-17-14)16(22)12-5-3-8-20(12)15-11-4-1-2-6-13(11)25(23,24)18-15/h1-2,4,6,12H,3,5,7-10H2,(H,17,21)/t12-/m1/s1. The van der Waals surface area contributed by atoms with Crippen LogP contribution in [0.4, 0.5) is 0 Å². The summed E-state index contributed by atoms with van der Waals surface area (Å²) < 4.78 is 28.5. The molecule has 8 nitrogen and oxygen atoms in total. The molecule has 1 aromatic carbocycles. The molecule has 0 aliphatic carbocycles. The minimum Gasteiger partial charge on any atom is -0.353 e. The molecule has 3 heterocycles. The largest absolute Gasteiger partial charge is 0.353 e. The second-order valence-corrected chi connectivity index (χ2v) is 7.92. The van der Waals surface area contributed by atoms with E-state index in [4.69, 9.17) is 0 Å². The van der Waals surface area contributed by atoms with Gasteiger partial charge in [-0.15, -0.1) is 4.40 Å². The van der Waals surface area contributed by atoms with E-state index in [2.05, 4.69) is 9.71 Å². The summed E-state index contributed by atoms with van der Waals surface area (Å²) in [6.07, 6.45) is 1.40. The SMILES string of the molecule is O=C1CN(C(=O)[C@H]2CCCN2C2=NS(=O)(=O)c3ccccc32)CCN1. The van der Waals surface area contributed by atoms with Gasteiger partial charge in [-0.2, -0.15) is 8.42 Å². The van der Waals surface area contributed by atoms with Crippen molar-refractivity contribution in [1.29, 1.82) is 0 Å². The Morgan fingerprint density at radius 3 is 2.84 bits per heavy atom. The van der Waals surface area contributed by atoms with Gasteiger partial charge < -0.3 is 15.1 Å². The fourth-order valence-corrected chi connectivity index (χ4v) is 4.83. The number of carbonyl (C=O) groups excluding carboxylic acids is 2. The van der Waals surface area contributed by atoms with Gasteiger partial charge in [-0.1, -0.05) is 12.1 Å². The van der Waals surface area contributed by atoms with Crippen LogP contribution in [0.3, 0.4) is 0 Å². The molecule has 3 aliphatic rings. The monoisotopic (exact) mass is 362 g/mol. The molecule has 1 aromatic rings. The molecule has 2 amide bonds. The van der Waals surface area contributed by atoms with Crippen molar-refractivity contribution in [1.82, 2.24) is 15.1 Å². The minimum atomic E-state index is -3.72. The van der Waals surface area contributed by atoms with Crippen LogP contribution >= 0.6 is 0 Å². The average Bonchev–Trinajstić information content (AvgIpc) is 3.17. The van der Waals surface area contributed by atoms with Crippen molar-refractivity contribution in [3.8, 4) is 0 Å². The van der Waals surface area contributed by atoms with Crippen molar-refractivity contribution in [3.63, 3.8) is 0 Å². The van der Waals surface area contributed by atoms with Crippen molar-refractivity contribution in [2.75, 3.05) is 26.2 Å². The number of fused-ring (bicyclic) bond motifs is 1. The van der Waals surface area contributed by atoms with Crippen LogP contribution in [-0.4, -0.2) is 68.1 Å². The fourth-order valence-electron chi connectivity index (χ4n) is 3.61. The smallest absolute Gasteiger partial charge is 0.285 e. The van der Waals surface area contributed by atoms with Crippen LogP contribution in [0.1, 0.15) is 18.4 Å². The van der Waals surface area contributed by atoms with Gasteiger partial charge in [0, 0.05) is 25.2 Å². The van der Waals surface area contributed by atoms with E-state index in [9.17, 15) is 18.0 Å². The second kappa shape index (κ2) is 5.83. The van der Waals surface area contributed by atoms with Gasteiger partial charge in [0.05, 0.1) is 6.54 Å². The van der Waals surface area contributed by atoms with Gasteiger partial charge in [-0.25, -0.2) is 0 Å². The van der Waals surface area contributed by atoms with Crippen LogP contribution in [0.15, 0.2) is 33.6 Å². The van der Waals surface area contributed by atoms with Crippen molar-refractivity contribution < 1.29 is 18.0 Å². The Labute approximate surface area is 145 Å². The molecule has 0 unspecified atom stereocenters. The van der Waals surface area contributed by atoms with Gasteiger partial charge in [0.25, 0.3) is 10.0 Å². The second-order valence-electron chi connectivity index (χ2n) is 6.35. The summed E-state index contributed by atoms with van der Waals surface area (Å²) in [7, 11) is -3.72. The molecule has 0 aromatic heterocycles. The Morgan fingerprint density at radius 2 is 2.04 bits per heavy atom. The Bertz CT molecular complexity index is 880. The van der Waals surface area contributed by atoms with Crippen molar-refractivity contribution in [3.05, 3.63) is 29.8 Å². The number of amidine groups is 1. The molecule has 2 fully saturated rings. The first-order valence-electron chi connectivity index (χ1n) is 8.24. The van der Waals surface area contributed by atoms with E-state index in [0.29, 0.717) is 37.5 Å². The van der Waals surface area contributed by atoms with Gasteiger partial charge >= 0.3 is 0 Å². The highest BCUT2D eigenvalue weighted by atomic mass is 32.2. The van der Waals surface area contributed by atoms with Crippen molar-refractivity contribution in [2.24, 2.45) is 4.40 Å². The lowest BCUT2D eigenvalue weighted by molar-refractivity contribution is -0.140. The maximum Gasteiger partial charge on any atom is 0.285 e. The maximum atomic E-state index is 12.9. The number of rotatable bonds is 1. The normalized spacial score (nSPS) is 24.7. The van der Waals surface area contributed by atoms with Crippen LogP contribution in [-0.2, 0) is 19.6 Å². The molecule has 1 atom stereocenters. The van der Waals surface area contributed by atoms with Crippen LogP contribution < -0.4 is 5.32 Å². The summed E-state index contributed by atoms with van der Waals surface area (Å²) in [5.74, 6) is 0.0278. The number of sulfonamides is 1. The highest BCUT2D eigenvalue weighted by molar-refractivity contribution is 7.90. The first kappa shape index (κ1) is 16.1. The predicted octanol–water partition coefficient (Wildman–Crippen LogP) is -0.442. The zero-order chi connectivity index (χ0) is 17.6. The summed E-state index contributed by atoms with van der Waals surface area (Å²) in [5, 5.41) is 2.70. The molecule has 0 radical (unpaired) electrons. The van der Waals surface area contributed by atoms with Crippen molar-refractivity contribution in [2.45, 2.75) is 23.8 Å². The molecule has 0 bridgehead atoms. The minimum absolute atomic E-state index is 0.0462. The van der Waals surface area contributed by atoms with Gasteiger partial charge in [0.1, 0.15) is 10.9 Å². The number of carbonyl (C=O) groups is 2. The Hall–Kier alpha value is -2.42. The Balaban J connectivity index is 1.65. The molecule has 0 spiro atoms. The molecule has 25 heavy (non-hydrogen) atoms. The lowest BCUT2D eigenvalue weighted by atomic mass is 10.1. The van der Waals surface area contributed by atoms with E-state index < -0.39 is 16.1 Å². The molecular weight excluding hydrogens is 344 g/mol. The third kappa shape index (κ3) is 2.68. The number of hydrogen-bond donors (Lipinski definition) is 1. The van der Waals surface area contributed by atoms with Crippen LogP contribution in [0.2, 0.25) is 0 Å². The van der Waals surface area contributed by atoms with E-state index in [1.807, 2.05) is 0 Å². The Morgan fingerprint density at radius 1 is 1.24 bits per heavy atom. The van der Waals surface area contributed by atoms with E-state index in [1.54, 1.807) is 23.1 Å². The van der Waals surface area contributed by atoms with Crippen LogP contribution in [0.5, 0.6) is 0 Å². The van der Waals surface area contributed by atoms with Gasteiger partial charge in [0.15, 0.2) is 5.84 Å². The predicted molar refractivity (Wildman–Crippen MR) is 89.5 cm³/mol. The molecular formula is C16H18N4O4S. The summed E-state index contributed by atoms with van der Waals surface area (Å²) >= 11 is 0. The summed E-state index contributed by atoms with van der Waals surface area (Å²) in [6, 6.07) is 6.19. The number of likely N-dealkylation sites (tertiary alicyclic amines) is 1. The summed E-state index contributed by atoms with van der Waals surface area (Å²) in [4.78, 5) is 27.9. The molecule has 0 saturated carbocycles. The average molecular weight is 362 g/mol. The summed E-state index contributed by atoms with van der Waals surface area (Å²) in [6.45, 7) is 1.52. The van der Waals surface area contributed by atoms with E-state index in [-0.39, 0.29) is 23.3 Å². The quantitative estimate of drug-likeness (QED) is 0.730. The molecule has 132 valence electrons. The highest BCUT2D eigenvalue weighted by Gasteiger charge is 2.41. The lowest BCUT2D eigenvalue weighted by Gasteiger charge is -2.33. The van der Waals surface area contributed by atoms with Crippen molar-refractivity contribution >= 4 is 27.7 Å². The zero-order valence-electron chi connectivity index (χ0n) is 13.5. The van der Waals surface area contributed by atoms with Gasteiger partial charge in [-0.05, 0) is 25.0 Å². The highest BCUT2D eigenvalue weighted by Crippen LogP contribution is 2.31. The summed E-state index contributed by atoms with van der Waals surface area (Å²) in [5.41, 5.74) is 0.540. The van der Waals surface area contributed by atoms with Gasteiger partial charge in [0.2, 0.25) is 11.8 Å². The number of benzene rings is 1.